The molecular weight excluding hydrogens is 216 g/mol. The van der Waals surface area contributed by atoms with Crippen molar-refractivity contribution < 1.29 is 9.53 Å². The lowest BCUT2D eigenvalue weighted by Gasteiger charge is -2.35. The van der Waals surface area contributed by atoms with Crippen LogP contribution in [0.4, 0.5) is 0 Å². The van der Waals surface area contributed by atoms with Crippen LogP contribution in [0, 0.1) is 5.92 Å². The Hall–Kier alpha value is -0.610. The quantitative estimate of drug-likeness (QED) is 0.679. The molecule has 1 heterocycles. The van der Waals surface area contributed by atoms with Crippen molar-refractivity contribution in [2.24, 2.45) is 5.92 Å². The summed E-state index contributed by atoms with van der Waals surface area (Å²) >= 11 is 0. The summed E-state index contributed by atoms with van der Waals surface area (Å²) in [6.45, 7) is 7.30. The second kappa shape index (κ2) is 6.97. The molecule has 1 fully saturated rings. The molecule has 1 rings (SSSR count). The highest BCUT2D eigenvalue weighted by Crippen LogP contribution is 2.15. The lowest BCUT2D eigenvalue weighted by molar-refractivity contribution is -0.148. The largest absolute Gasteiger partial charge is 0.466 e. The summed E-state index contributed by atoms with van der Waals surface area (Å²) in [6.07, 6.45) is 2.39. The molecule has 0 saturated carbocycles. The molecule has 0 aromatic rings. The molecular formula is C13H26N2O2. The zero-order valence-electron chi connectivity index (χ0n) is 11.6. The monoisotopic (exact) mass is 242 g/mol. The van der Waals surface area contributed by atoms with E-state index in [2.05, 4.69) is 23.9 Å². The van der Waals surface area contributed by atoms with E-state index in [1.54, 1.807) is 0 Å². The zero-order chi connectivity index (χ0) is 12.8. The van der Waals surface area contributed by atoms with Crippen molar-refractivity contribution in [1.29, 1.82) is 0 Å². The lowest BCUT2D eigenvalue weighted by atomic mass is 10.0. The average molecular weight is 242 g/mol. The molecule has 0 amide bonds. The summed E-state index contributed by atoms with van der Waals surface area (Å²) in [5, 5.41) is 0. The smallest absolute Gasteiger partial charge is 0.309 e. The molecule has 0 aromatic heterocycles. The van der Waals surface area contributed by atoms with E-state index in [0.717, 1.165) is 19.6 Å². The third-order valence-corrected chi connectivity index (χ3v) is 3.51. The number of piperidine rings is 1. The molecule has 1 saturated heterocycles. The Morgan fingerprint density at radius 3 is 2.47 bits per heavy atom. The minimum atomic E-state index is -0.0674. The number of nitrogens with zero attached hydrogens (tertiary/aromatic N) is 2. The molecule has 1 aliphatic rings. The zero-order valence-corrected chi connectivity index (χ0v) is 11.6. The molecule has 0 aliphatic carbocycles. The maximum atomic E-state index is 11.5. The van der Waals surface area contributed by atoms with Crippen molar-refractivity contribution in [3.8, 4) is 0 Å². The Kier molecular flexibility index (Phi) is 5.92. The molecule has 0 aromatic carbocycles. The number of ether oxygens (including phenoxy) is 1. The van der Waals surface area contributed by atoms with Crippen molar-refractivity contribution in [1.82, 2.24) is 9.80 Å². The van der Waals surface area contributed by atoms with Crippen LogP contribution in [0.15, 0.2) is 0 Å². The first kappa shape index (κ1) is 14.5. The van der Waals surface area contributed by atoms with Crippen LogP contribution in [-0.4, -0.2) is 62.1 Å². The van der Waals surface area contributed by atoms with E-state index in [-0.39, 0.29) is 11.9 Å². The molecule has 100 valence electrons. The van der Waals surface area contributed by atoms with Gasteiger partial charge < -0.3 is 14.5 Å². The number of carbonyl (C=O) groups is 1. The summed E-state index contributed by atoms with van der Waals surface area (Å²) in [5.41, 5.74) is 0. The number of hydrogen-bond acceptors (Lipinski definition) is 4. The molecule has 4 heteroatoms. The van der Waals surface area contributed by atoms with E-state index in [1.807, 2.05) is 13.8 Å². The van der Waals surface area contributed by atoms with Crippen LogP contribution < -0.4 is 0 Å². The van der Waals surface area contributed by atoms with E-state index in [9.17, 15) is 4.79 Å². The van der Waals surface area contributed by atoms with Crippen LogP contribution in [-0.2, 0) is 9.53 Å². The first-order valence-corrected chi connectivity index (χ1v) is 6.60. The highest BCUT2D eigenvalue weighted by atomic mass is 16.5. The molecule has 1 aliphatic heterocycles. The predicted molar refractivity (Wildman–Crippen MR) is 68.9 cm³/mol. The second-order valence-electron chi connectivity index (χ2n) is 5.15. The highest BCUT2D eigenvalue weighted by Gasteiger charge is 2.24. The van der Waals surface area contributed by atoms with Crippen LogP contribution in [0.3, 0.4) is 0 Å². The number of carbonyl (C=O) groups excluding carboxylic acids is 1. The van der Waals surface area contributed by atoms with E-state index >= 15 is 0 Å². The average Bonchev–Trinajstić information content (AvgIpc) is 2.30. The summed E-state index contributed by atoms with van der Waals surface area (Å²) in [5.74, 6) is -0.0758. The summed E-state index contributed by atoms with van der Waals surface area (Å²) < 4.78 is 5.03. The number of esters is 1. The minimum Gasteiger partial charge on any atom is -0.466 e. The van der Waals surface area contributed by atoms with E-state index in [4.69, 9.17) is 4.74 Å². The SMILES string of the molecule is CCOC(=O)C(C)CN1CCC(N(C)C)CC1. The normalized spacial score (nSPS) is 20.5. The van der Waals surface area contributed by atoms with Gasteiger partial charge in [0, 0.05) is 12.6 Å². The maximum Gasteiger partial charge on any atom is 0.309 e. The fourth-order valence-electron chi connectivity index (χ4n) is 2.36. The van der Waals surface area contributed by atoms with E-state index in [1.165, 1.54) is 12.8 Å². The Morgan fingerprint density at radius 2 is 2.00 bits per heavy atom. The van der Waals surface area contributed by atoms with Gasteiger partial charge in [-0.25, -0.2) is 0 Å². The first-order valence-electron chi connectivity index (χ1n) is 6.60. The minimum absolute atomic E-state index is 0.00847. The number of likely N-dealkylation sites (tertiary alicyclic amines) is 1. The molecule has 0 spiro atoms. The van der Waals surface area contributed by atoms with Gasteiger partial charge in [-0.1, -0.05) is 6.92 Å². The van der Waals surface area contributed by atoms with Gasteiger partial charge >= 0.3 is 5.97 Å². The summed E-state index contributed by atoms with van der Waals surface area (Å²) in [6, 6.07) is 0.698. The van der Waals surface area contributed by atoms with Crippen molar-refractivity contribution in [3.05, 3.63) is 0 Å². The van der Waals surface area contributed by atoms with Gasteiger partial charge in [0.1, 0.15) is 0 Å². The highest BCUT2D eigenvalue weighted by molar-refractivity contribution is 5.72. The maximum absolute atomic E-state index is 11.5. The molecule has 17 heavy (non-hydrogen) atoms. The molecule has 0 radical (unpaired) electrons. The van der Waals surface area contributed by atoms with Crippen molar-refractivity contribution in [2.45, 2.75) is 32.7 Å². The fraction of sp³-hybridized carbons (Fsp3) is 0.923. The van der Waals surface area contributed by atoms with E-state index < -0.39 is 0 Å². The van der Waals surface area contributed by atoms with Crippen LogP contribution in [0.2, 0.25) is 0 Å². The Bertz CT molecular complexity index is 236. The first-order chi connectivity index (χ1) is 8.04. The Balaban J connectivity index is 2.28. The standard InChI is InChI=1S/C13H26N2O2/c1-5-17-13(16)11(2)10-15-8-6-12(7-9-15)14(3)4/h11-12H,5-10H2,1-4H3. The van der Waals surface area contributed by atoms with E-state index in [0.29, 0.717) is 12.6 Å². The van der Waals surface area contributed by atoms with Gasteiger partial charge in [0.2, 0.25) is 0 Å². The van der Waals surface area contributed by atoms with Crippen molar-refractivity contribution in [2.75, 3.05) is 40.3 Å². The fourth-order valence-corrected chi connectivity index (χ4v) is 2.36. The van der Waals surface area contributed by atoms with Gasteiger partial charge in [0.05, 0.1) is 12.5 Å². The lowest BCUT2D eigenvalue weighted by Crippen LogP contribution is -2.44. The van der Waals surface area contributed by atoms with Gasteiger partial charge in [-0.15, -0.1) is 0 Å². The molecule has 1 atom stereocenters. The predicted octanol–water partition coefficient (Wildman–Crippen LogP) is 1.21. The third-order valence-electron chi connectivity index (χ3n) is 3.51. The molecule has 4 nitrogen and oxygen atoms in total. The Morgan fingerprint density at radius 1 is 1.41 bits per heavy atom. The van der Waals surface area contributed by atoms with Crippen LogP contribution in [0.5, 0.6) is 0 Å². The van der Waals surface area contributed by atoms with Gasteiger partial charge in [0.15, 0.2) is 0 Å². The topological polar surface area (TPSA) is 32.8 Å². The Labute approximate surface area is 105 Å². The van der Waals surface area contributed by atoms with Crippen LogP contribution in [0.1, 0.15) is 26.7 Å². The second-order valence-corrected chi connectivity index (χ2v) is 5.15. The van der Waals surface area contributed by atoms with Gasteiger partial charge in [-0.05, 0) is 47.0 Å². The molecule has 0 bridgehead atoms. The summed E-state index contributed by atoms with van der Waals surface area (Å²) in [4.78, 5) is 16.2. The summed E-state index contributed by atoms with van der Waals surface area (Å²) in [7, 11) is 4.28. The van der Waals surface area contributed by atoms with Crippen LogP contribution >= 0.6 is 0 Å². The van der Waals surface area contributed by atoms with Gasteiger partial charge in [-0.2, -0.15) is 0 Å². The number of rotatable bonds is 5. The molecule has 0 N–H and O–H groups in total. The molecule has 1 unspecified atom stereocenters. The number of hydrogen-bond donors (Lipinski definition) is 0. The van der Waals surface area contributed by atoms with Crippen molar-refractivity contribution in [3.63, 3.8) is 0 Å². The van der Waals surface area contributed by atoms with Gasteiger partial charge in [0.25, 0.3) is 0 Å². The van der Waals surface area contributed by atoms with Crippen LogP contribution in [0.25, 0.3) is 0 Å². The van der Waals surface area contributed by atoms with Crippen molar-refractivity contribution >= 4 is 5.97 Å². The third kappa shape index (κ3) is 4.64. The van der Waals surface area contributed by atoms with Gasteiger partial charge in [-0.3, -0.25) is 4.79 Å².